The first-order valence-corrected chi connectivity index (χ1v) is 10.3. The number of pyridine rings is 1. The first kappa shape index (κ1) is 20.5. The second-order valence-electron chi connectivity index (χ2n) is 7.70. The molecule has 0 saturated carbocycles. The average Bonchev–Trinajstić information content (AvgIpc) is 3.17. The molecule has 6 nitrogen and oxygen atoms in total. The zero-order valence-corrected chi connectivity index (χ0v) is 17.9. The molecule has 2 aromatic heterocycles. The van der Waals surface area contributed by atoms with Crippen LogP contribution in [-0.4, -0.2) is 25.2 Å². The topological polar surface area (TPSA) is 65.1 Å². The van der Waals surface area contributed by atoms with Gasteiger partial charge in [0.05, 0.1) is 5.69 Å². The van der Waals surface area contributed by atoms with Crippen molar-refractivity contribution in [2.75, 3.05) is 0 Å². The summed E-state index contributed by atoms with van der Waals surface area (Å²) in [6, 6.07) is 23.7. The van der Waals surface area contributed by atoms with E-state index >= 15 is 0 Å². The van der Waals surface area contributed by atoms with Crippen molar-refractivity contribution in [2.24, 2.45) is 4.99 Å². The van der Waals surface area contributed by atoms with Gasteiger partial charge in [0, 0.05) is 12.7 Å². The Kier molecular flexibility index (Phi) is 5.89. The van der Waals surface area contributed by atoms with E-state index in [1.165, 1.54) is 0 Å². The normalized spacial score (nSPS) is 11.8. The molecule has 1 amide bonds. The van der Waals surface area contributed by atoms with Gasteiger partial charge >= 0.3 is 5.91 Å². The van der Waals surface area contributed by atoms with E-state index in [1.807, 2.05) is 84.4 Å². The van der Waals surface area contributed by atoms with Crippen molar-refractivity contribution in [3.63, 3.8) is 0 Å². The number of hydrogen-bond donors (Lipinski definition) is 0. The van der Waals surface area contributed by atoms with Gasteiger partial charge in [-0.2, -0.15) is 4.99 Å². The minimum Gasteiger partial charge on any atom is -0.328 e. The van der Waals surface area contributed by atoms with E-state index in [0.29, 0.717) is 23.8 Å². The first-order chi connectivity index (χ1) is 15.0. The Morgan fingerprint density at radius 2 is 1.68 bits per heavy atom. The van der Waals surface area contributed by atoms with Crippen LogP contribution in [0.15, 0.2) is 84.0 Å². The predicted molar refractivity (Wildman–Crippen MR) is 120 cm³/mol. The lowest BCUT2D eigenvalue weighted by Gasteiger charge is -2.12. The quantitative estimate of drug-likeness (QED) is 0.492. The summed E-state index contributed by atoms with van der Waals surface area (Å²) < 4.78 is 3.66. The molecule has 156 valence electrons. The van der Waals surface area contributed by atoms with Crippen molar-refractivity contribution in [1.29, 1.82) is 0 Å². The minimum atomic E-state index is -0.461. The lowest BCUT2D eigenvalue weighted by atomic mass is 10.0. The van der Waals surface area contributed by atoms with E-state index in [-0.39, 0.29) is 5.82 Å². The Balaban J connectivity index is 1.69. The summed E-state index contributed by atoms with van der Waals surface area (Å²) in [5.74, 6) is 0.602. The second kappa shape index (κ2) is 8.92. The summed E-state index contributed by atoms with van der Waals surface area (Å²) in [4.78, 5) is 21.6. The highest BCUT2D eigenvalue weighted by Crippen LogP contribution is 2.23. The molecule has 6 heteroatoms. The molecule has 2 heterocycles. The Labute approximate surface area is 181 Å². The highest BCUT2D eigenvalue weighted by atomic mass is 16.1. The van der Waals surface area contributed by atoms with E-state index in [1.54, 1.807) is 4.68 Å². The van der Waals surface area contributed by atoms with Crippen molar-refractivity contribution >= 4 is 5.91 Å². The number of carbonyl (C=O) groups is 1. The number of carbonyl (C=O) groups excluding carboxylic acids is 1. The molecule has 0 fully saturated rings. The molecular formula is C25H25N5O. The largest absolute Gasteiger partial charge is 0.328 e. The molecule has 0 aliphatic heterocycles. The molecule has 0 N–H and O–H groups in total. The zero-order chi connectivity index (χ0) is 21.8. The van der Waals surface area contributed by atoms with Crippen LogP contribution in [-0.2, 0) is 6.54 Å². The van der Waals surface area contributed by atoms with E-state index in [9.17, 15) is 4.79 Å². The Morgan fingerprint density at radius 3 is 2.45 bits per heavy atom. The molecule has 0 saturated heterocycles. The van der Waals surface area contributed by atoms with Gasteiger partial charge < -0.3 is 4.57 Å². The molecular weight excluding hydrogens is 386 g/mol. The smallest absolute Gasteiger partial charge is 0.318 e. The predicted octanol–water partition coefficient (Wildman–Crippen LogP) is 4.29. The van der Waals surface area contributed by atoms with Crippen LogP contribution in [0, 0.1) is 6.92 Å². The van der Waals surface area contributed by atoms with Gasteiger partial charge in [0.25, 0.3) is 0 Å². The molecule has 4 aromatic rings. The van der Waals surface area contributed by atoms with Gasteiger partial charge in [-0.1, -0.05) is 68.4 Å². The number of hydrogen-bond acceptors (Lipinski definition) is 3. The molecule has 0 spiro atoms. The number of benzene rings is 2. The molecule has 0 atom stereocenters. The van der Waals surface area contributed by atoms with Crippen LogP contribution in [0.5, 0.6) is 0 Å². The standard InChI is InChI=1S/C25H25N5O/c1-18(2)21-13-7-8-14-22(21)30-19(3)26-24(28-30)25(31)27-23-15-9-10-16-29(23)17-20-11-5-4-6-12-20/h4-16,18H,17H2,1-3H3. The SMILES string of the molecule is Cc1nc(C(=O)N=c2ccccn2Cc2ccccc2)nn1-c1ccccc1C(C)C. The second-order valence-corrected chi connectivity index (χ2v) is 7.70. The van der Waals surface area contributed by atoms with Crippen LogP contribution in [0.25, 0.3) is 5.69 Å². The van der Waals surface area contributed by atoms with Gasteiger partial charge in [-0.25, -0.2) is 9.67 Å². The summed E-state index contributed by atoms with van der Waals surface area (Å²) in [7, 11) is 0. The zero-order valence-electron chi connectivity index (χ0n) is 17.9. The number of amides is 1. The van der Waals surface area contributed by atoms with Crippen molar-refractivity contribution in [1.82, 2.24) is 19.3 Å². The Hall–Kier alpha value is -3.80. The first-order valence-electron chi connectivity index (χ1n) is 10.3. The van der Waals surface area contributed by atoms with E-state index in [0.717, 1.165) is 16.8 Å². The fraction of sp³-hybridized carbons (Fsp3) is 0.200. The Morgan fingerprint density at radius 1 is 0.968 bits per heavy atom. The van der Waals surface area contributed by atoms with E-state index in [4.69, 9.17) is 0 Å². The third kappa shape index (κ3) is 4.53. The Bertz CT molecular complexity index is 1270. The number of aromatic nitrogens is 4. The third-order valence-corrected chi connectivity index (χ3v) is 5.08. The monoisotopic (exact) mass is 411 g/mol. The third-order valence-electron chi connectivity index (χ3n) is 5.08. The van der Waals surface area contributed by atoms with Crippen molar-refractivity contribution in [3.05, 3.63) is 107 Å². The molecule has 0 unspecified atom stereocenters. The van der Waals surface area contributed by atoms with Crippen LogP contribution >= 0.6 is 0 Å². The molecule has 4 rings (SSSR count). The summed E-state index contributed by atoms with van der Waals surface area (Å²) in [5, 5.41) is 4.49. The minimum absolute atomic E-state index is 0.0890. The van der Waals surface area contributed by atoms with Crippen LogP contribution < -0.4 is 5.49 Å². The fourth-order valence-corrected chi connectivity index (χ4v) is 3.51. The number of rotatable bonds is 5. The number of nitrogens with zero attached hydrogens (tertiary/aromatic N) is 5. The maximum atomic E-state index is 12.9. The summed E-state index contributed by atoms with van der Waals surface area (Å²) in [6.07, 6.45) is 1.91. The van der Waals surface area contributed by atoms with E-state index in [2.05, 4.69) is 35.0 Å². The molecule has 0 aliphatic carbocycles. The molecule has 2 aromatic carbocycles. The molecule has 31 heavy (non-hydrogen) atoms. The molecule has 0 radical (unpaired) electrons. The van der Waals surface area contributed by atoms with Crippen molar-refractivity contribution in [3.8, 4) is 5.69 Å². The number of para-hydroxylation sites is 1. The average molecular weight is 412 g/mol. The van der Waals surface area contributed by atoms with Crippen LogP contribution in [0.1, 0.15) is 47.3 Å². The maximum absolute atomic E-state index is 12.9. The van der Waals surface area contributed by atoms with Gasteiger partial charge in [-0.3, -0.25) is 4.79 Å². The lowest BCUT2D eigenvalue weighted by molar-refractivity contribution is 0.0987. The summed E-state index contributed by atoms with van der Waals surface area (Å²) in [5.41, 5.74) is 3.77. The van der Waals surface area contributed by atoms with Gasteiger partial charge in [-0.05, 0) is 42.2 Å². The van der Waals surface area contributed by atoms with E-state index < -0.39 is 5.91 Å². The van der Waals surface area contributed by atoms with Gasteiger partial charge in [0.1, 0.15) is 11.3 Å². The summed E-state index contributed by atoms with van der Waals surface area (Å²) in [6.45, 7) is 6.73. The highest BCUT2D eigenvalue weighted by molar-refractivity contribution is 5.91. The van der Waals surface area contributed by atoms with Crippen molar-refractivity contribution < 1.29 is 4.79 Å². The van der Waals surface area contributed by atoms with Crippen LogP contribution in [0.3, 0.4) is 0 Å². The molecule has 0 bridgehead atoms. The highest BCUT2D eigenvalue weighted by Gasteiger charge is 2.17. The summed E-state index contributed by atoms with van der Waals surface area (Å²) >= 11 is 0. The van der Waals surface area contributed by atoms with Crippen LogP contribution in [0.2, 0.25) is 0 Å². The number of aryl methyl sites for hydroxylation is 1. The molecule has 0 aliphatic rings. The van der Waals surface area contributed by atoms with Crippen LogP contribution in [0.4, 0.5) is 0 Å². The maximum Gasteiger partial charge on any atom is 0.318 e. The van der Waals surface area contributed by atoms with Gasteiger partial charge in [0.2, 0.25) is 5.82 Å². The fourth-order valence-electron chi connectivity index (χ4n) is 3.51. The van der Waals surface area contributed by atoms with Crippen molar-refractivity contribution in [2.45, 2.75) is 33.2 Å². The van der Waals surface area contributed by atoms with Gasteiger partial charge in [0.15, 0.2) is 0 Å². The lowest BCUT2D eigenvalue weighted by Crippen LogP contribution is -2.22. The van der Waals surface area contributed by atoms with Gasteiger partial charge in [-0.15, -0.1) is 5.10 Å².